The predicted molar refractivity (Wildman–Crippen MR) is 69.4 cm³/mol. The first-order chi connectivity index (χ1) is 8.81. The van der Waals surface area contributed by atoms with E-state index in [-0.39, 0.29) is 17.2 Å². The summed E-state index contributed by atoms with van der Waals surface area (Å²) < 4.78 is 13.1. The van der Waals surface area contributed by atoms with Gasteiger partial charge in [-0.3, -0.25) is 4.79 Å². The van der Waals surface area contributed by atoms with Gasteiger partial charge in [0.1, 0.15) is 5.82 Å². The molecule has 0 aliphatic rings. The van der Waals surface area contributed by atoms with Gasteiger partial charge in [-0.2, -0.15) is 0 Å². The van der Waals surface area contributed by atoms with E-state index in [1.54, 1.807) is 0 Å². The van der Waals surface area contributed by atoms with E-state index in [0.717, 1.165) is 18.2 Å². The van der Waals surface area contributed by atoms with E-state index in [1.165, 1.54) is 0 Å². The summed E-state index contributed by atoms with van der Waals surface area (Å²) >= 11 is 0. The molecule has 1 rings (SSSR count). The summed E-state index contributed by atoms with van der Waals surface area (Å²) in [6.45, 7) is 3.83. The highest BCUT2D eigenvalue weighted by Crippen LogP contribution is 2.18. The summed E-state index contributed by atoms with van der Waals surface area (Å²) in [5.74, 6) is -2.17. The monoisotopic (exact) mass is 268 g/mol. The van der Waals surface area contributed by atoms with Gasteiger partial charge < -0.3 is 16.2 Å². The summed E-state index contributed by atoms with van der Waals surface area (Å²) in [5, 5.41) is 11.3. The molecule has 1 unspecified atom stereocenters. The van der Waals surface area contributed by atoms with E-state index >= 15 is 0 Å². The lowest BCUT2D eigenvalue weighted by Crippen LogP contribution is -2.37. The number of rotatable bonds is 5. The first-order valence-electron chi connectivity index (χ1n) is 5.90. The van der Waals surface area contributed by atoms with Crippen molar-refractivity contribution >= 4 is 17.6 Å². The molecule has 0 saturated carbocycles. The van der Waals surface area contributed by atoms with Crippen LogP contribution in [0.4, 0.5) is 10.1 Å². The van der Waals surface area contributed by atoms with Gasteiger partial charge in [-0.15, -0.1) is 0 Å². The Bertz CT molecular complexity index is 489. The number of amides is 1. The fraction of sp³-hybridized carbons (Fsp3) is 0.385. The number of benzene rings is 1. The van der Waals surface area contributed by atoms with Crippen LogP contribution in [0.3, 0.4) is 0 Å². The number of halogens is 1. The Balaban J connectivity index is 2.89. The fourth-order valence-electron chi connectivity index (χ4n) is 1.65. The maximum absolute atomic E-state index is 13.1. The third kappa shape index (κ3) is 4.33. The smallest absolute Gasteiger partial charge is 0.337 e. The fourth-order valence-corrected chi connectivity index (χ4v) is 1.65. The minimum atomic E-state index is -1.24. The molecule has 0 radical (unpaired) electrons. The molecule has 0 heterocycles. The van der Waals surface area contributed by atoms with Crippen LogP contribution in [0.1, 0.15) is 30.6 Å². The largest absolute Gasteiger partial charge is 0.478 e. The van der Waals surface area contributed by atoms with Gasteiger partial charge in [0.05, 0.1) is 17.3 Å². The minimum Gasteiger partial charge on any atom is -0.478 e. The van der Waals surface area contributed by atoms with Crippen LogP contribution < -0.4 is 11.1 Å². The maximum Gasteiger partial charge on any atom is 0.337 e. The number of carbonyl (C=O) groups excluding carboxylic acids is 1. The molecular formula is C13H17FN2O3. The van der Waals surface area contributed by atoms with Gasteiger partial charge in [0, 0.05) is 0 Å². The minimum absolute atomic E-state index is 0.0864. The van der Waals surface area contributed by atoms with Crippen molar-refractivity contribution in [2.75, 3.05) is 5.32 Å². The van der Waals surface area contributed by atoms with Gasteiger partial charge in [-0.05, 0) is 30.5 Å². The second kappa shape index (κ2) is 6.29. The normalized spacial score (nSPS) is 12.3. The zero-order valence-corrected chi connectivity index (χ0v) is 10.8. The molecule has 5 nitrogen and oxygen atoms in total. The van der Waals surface area contributed by atoms with Crippen molar-refractivity contribution in [1.29, 1.82) is 0 Å². The van der Waals surface area contributed by atoms with Gasteiger partial charge in [-0.1, -0.05) is 13.8 Å². The summed E-state index contributed by atoms with van der Waals surface area (Å²) in [7, 11) is 0. The van der Waals surface area contributed by atoms with Crippen molar-refractivity contribution in [1.82, 2.24) is 0 Å². The third-order valence-electron chi connectivity index (χ3n) is 2.53. The van der Waals surface area contributed by atoms with Crippen LogP contribution in [-0.2, 0) is 4.79 Å². The molecule has 6 heteroatoms. The summed E-state index contributed by atoms with van der Waals surface area (Å²) in [5.41, 5.74) is 5.42. The molecule has 104 valence electrons. The zero-order chi connectivity index (χ0) is 14.6. The molecule has 0 fully saturated rings. The van der Waals surface area contributed by atoms with Gasteiger partial charge in [0.15, 0.2) is 0 Å². The highest BCUT2D eigenvalue weighted by Gasteiger charge is 2.18. The number of anilines is 1. The van der Waals surface area contributed by atoms with Crippen molar-refractivity contribution in [3.8, 4) is 0 Å². The highest BCUT2D eigenvalue weighted by atomic mass is 19.1. The second-order valence-electron chi connectivity index (χ2n) is 4.72. The van der Waals surface area contributed by atoms with Crippen molar-refractivity contribution in [3.05, 3.63) is 29.6 Å². The molecule has 0 aliphatic carbocycles. The van der Waals surface area contributed by atoms with E-state index in [4.69, 9.17) is 10.8 Å². The maximum atomic E-state index is 13.1. The molecule has 4 N–H and O–H groups in total. The quantitative estimate of drug-likeness (QED) is 0.759. The molecule has 1 aromatic rings. The topological polar surface area (TPSA) is 92.4 Å². The average molecular weight is 268 g/mol. The number of hydrogen-bond acceptors (Lipinski definition) is 3. The lowest BCUT2D eigenvalue weighted by molar-refractivity contribution is -0.117. The molecule has 0 bridgehead atoms. The zero-order valence-electron chi connectivity index (χ0n) is 10.8. The van der Waals surface area contributed by atoms with Gasteiger partial charge >= 0.3 is 5.97 Å². The Morgan fingerprint density at radius 1 is 1.42 bits per heavy atom. The van der Waals surface area contributed by atoms with Crippen LogP contribution >= 0.6 is 0 Å². The van der Waals surface area contributed by atoms with Gasteiger partial charge in [0.25, 0.3) is 0 Å². The number of carboxylic acid groups (broad SMARTS) is 1. The molecule has 19 heavy (non-hydrogen) atoms. The number of nitrogens with two attached hydrogens (primary N) is 1. The molecule has 1 aromatic carbocycles. The van der Waals surface area contributed by atoms with Crippen LogP contribution in [0.5, 0.6) is 0 Å². The van der Waals surface area contributed by atoms with Crippen LogP contribution in [0.15, 0.2) is 18.2 Å². The van der Waals surface area contributed by atoms with E-state index in [1.807, 2.05) is 13.8 Å². The number of nitrogens with one attached hydrogen (secondary N) is 1. The molecule has 0 aromatic heterocycles. The van der Waals surface area contributed by atoms with Crippen LogP contribution in [0, 0.1) is 11.7 Å². The highest BCUT2D eigenvalue weighted by molar-refractivity contribution is 6.02. The number of carbonyl (C=O) groups is 2. The Morgan fingerprint density at radius 2 is 2.05 bits per heavy atom. The Labute approximate surface area is 110 Å². The summed E-state index contributed by atoms with van der Waals surface area (Å²) in [6.07, 6.45) is 0.462. The lowest BCUT2D eigenvalue weighted by Gasteiger charge is -2.15. The number of carboxylic acids is 1. The van der Waals surface area contributed by atoms with Gasteiger partial charge in [-0.25, -0.2) is 9.18 Å². The summed E-state index contributed by atoms with van der Waals surface area (Å²) in [6, 6.07) is 2.32. The number of aromatic carboxylic acids is 1. The van der Waals surface area contributed by atoms with E-state index in [9.17, 15) is 14.0 Å². The lowest BCUT2D eigenvalue weighted by atomic mass is 10.0. The van der Waals surface area contributed by atoms with Crippen LogP contribution in [0.2, 0.25) is 0 Å². The van der Waals surface area contributed by atoms with Crippen LogP contribution in [-0.4, -0.2) is 23.0 Å². The van der Waals surface area contributed by atoms with Crippen molar-refractivity contribution in [2.45, 2.75) is 26.3 Å². The van der Waals surface area contributed by atoms with Gasteiger partial charge in [0.2, 0.25) is 5.91 Å². The van der Waals surface area contributed by atoms with Crippen molar-refractivity contribution in [3.63, 3.8) is 0 Å². The molecule has 1 atom stereocenters. The first-order valence-corrected chi connectivity index (χ1v) is 5.90. The first kappa shape index (κ1) is 15.1. The predicted octanol–water partition coefficient (Wildman–Crippen LogP) is 1.84. The Morgan fingerprint density at radius 3 is 2.58 bits per heavy atom. The standard InChI is InChI=1S/C13H17FN2O3/c1-7(2)5-10(15)12(17)16-11-6-8(14)3-4-9(11)13(18)19/h3-4,6-7,10H,5,15H2,1-2H3,(H,16,17)(H,18,19). The molecule has 1 amide bonds. The second-order valence-corrected chi connectivity index (χ2v) is 4.72. The molecular weight excluding hydrogens is 251 g/mol. The van der Waals surface area contributed by atoms with E-state index < -0.39 is 23.7 Å². The molecule has 0 aliphatic heterocycles. The third-order valence-corrected chi connectivity index (χ3v) is 2.53. The van der Waals surface area contributed by atoms with Crippen molar-refractivity contribution in [2.24, 2.45) is 11.7 Å². The molecule has 0 saturated heterocycles. The Hall–Kier alpha value is -1.95. The van der Waals surface area contributed by atoms with Crippen molar-refractivity contribution < 1.29 is 19.1 Å². The van der Waals surface area contributed by atoms with E-state index in [0.29, 0.717) is 6.42 Å². The average Bonchev–Trinajstić information content (AvgIpc) is 2.27. The van der Waals surface area contributed by atoms with E-state index in [2.05, 4.69) is 5.32 Å². The Kier molecular flexibility index (Phi) is 5.00. The summed E-state index contributed by atoms with van der Waals surface area (Å²) in [4.78, 5) is 22.7. The number of hydrogen-bond donors (Lipinski definition) is 3. The van der Waals surface area contributed by atoms with Crippen LogP contribution in [0.25, 0.3) is 0 Å². The SMILES string of the molecule is CC(C)CC(N)C(=O)Nc1cc(F)ccc1C(=O)O. The molecule has 0 spiro atoms.